The average Bonchev–Trinajstić information content (AvgIpc) is 2.52. The van der Waals surface area contributed by atoms with Gasteiger partial charge in [-0.15, -0.1) is 0 Å². The van der Waals surface area contributed by atoms with E-state index in [0.29, 0.717) is 0 Å². The Labute approximate surface area is 133 Å². The highest BCUT2D eigenvalue weighted by atomic mass is 79.9. The highest BCUT2D eigenvalue weighted by Crippen LogP contribution is 2.34. The van der Waals surface area contributed by atoms with Gasteiger partial charge in [-0.3, -0.25) is 11.3 Å². The standard InChI is InChI=1S/C17H19BrN2O/c18-14-6-3-5-13(10-14)16(20-19)11-17-15-7-2-1-4-12(15)8-9-21-17/h1-7,10,16-17,20H,8-9,11,19H2. The fourth-order valence-electron chi connectivity index (χ4n) is 2.91. The van der Waals surface area contributed by atoms with Crippen LogP contribution in [0.5, 0.6) is 0 Å². The van der Waals surface area contributed by atoms with Crippen LogP contribution in [0.1, 0.15) is 35.3 Å². The van der Waals surface area contributed by atoms with Gasteiger partial charge in [0.15, 0.2) is 0 Å². The summed E-state index contributed by atoms with van der Waals surface area (Å²) in [7, 11) is 0. The molecule has 3 N–H and O–H groups in total. The van der Waals surface area contributed by atoms with E-state index in [1.54, 1.807) is 0 Å². The molecule has 0 fully saturated rings. The number of fused-ring (bicyclic) bond motifs is 1. The molecule has 0 saturated carbocycles. The Hall–Kier alpha value is -1.20. The number of nitrogens with one attached hydrogen (secondary N) is 1. The van der Waals surface area contributed by atoms with Crippen LogP contribution in [0.3, 0.4) is 0 Å². The number of rotatable bonds is 4. The van der Waals surface area contributed by atoms with Crippen LogP contribution < -0.4 is 11.3 Å². The molecule has 0 aromatic heterocycles. The van der Waals surface area contributed by atoms with Crippen molar-refractivity contribution in [3.63, 3.8) is 0 Å². The first-order chi connectivity index (χ1) is 10.3. The van der Waals surface area contributed by atoms with Crippen molar-refractivity contribution in [2.75, 3.05) is 6.61 Å². The first-order valence-electron chi connectivity index (χ1n) is 7.19. The summed E-state index contributed by atoms with van der Waals surface area (Å²) >= 11 is 3.51. The monoisotopic (exact) mass is 346 g/mol. The van der Waals surface area contributed by atoms with E-state index in [1.807, 2.05) is 12.1 Å². The van der Waals surface area contributed by atoms with Crippen molar-refractivity contribution in [3.05, 3.63) is 69.7 Å². The van der Waals surface area contributed by atoms with Gasteiger partial charge in [-0.2, -0.15) is 0 Å². The van der Waals surface area contributed by atoms with Crippen LogP contribution >= 0.6 is 15.9 Å². The Kier molecular flexibility index (Phi) is 4.70. The average molecular weight is 347 g/mol. The van der Waals surface area contributed by atoms with Crippen LogP contribution in [-0.2, 0) is 11.2 Å². The summed E-state index contributed by atoms with van der Waals surface area (Å²) in [5.41, 5.74) is 6.77. The molecule has 3 nitrogen and oxygen atoms in total. The van der Waals surface area contributed by atoms with Crippen molar-refractivity contribution in [2.24, 2.45) is 5.84 Å². The summed E-state index contributed by atoms with van der Waals surface area (Å²) in [5.74, 6) is 5.77. The number of hydrazine groups is 1. The zero-order valence-electron chi connectivity index (χ0n) is 11.8. The van der Waals surface area contributed by atoms with E-state index in [2.05, 4.69) is 57.8 Å². The second-order valence-electron chi connectivity index (χ2n) is 5.32. The van der Waals surface area contributed by atoms with Crippen molar-refractivity contribution in [1.82, 2.24) is 5.43 Å². The van der Waals surface area contributed by atoms with E-state index >= 15 is 0 Å². The Morgan fingerprint density at radius 1 is 1.24 bits per heavy atom. The van der Waals surface area contributed by atoms with Gasteiger partial charge in [-0.05, 0) is 41.7 Å². The number of halogens is 1. The minimum atomic E-state index is 0.0682. The summed E-state index contributed by atoms with van der Waals surface area (Å²) in [6, 6.07) is 16.8. The van der Waals surface area contributed by atoms with E-state index in [4.69, 9.17) is 10.6 Å². The fourth-order valence-corrected chi connectivity index (χ4v) is 3.33. The van der Waals surface area contributed by atoms with Crippen LogP contribution in [0.4, 0.5) is 0 Å². The summed E-state index contributed by atoms with van der Waals surface area (Å²) in [6.07, 6.45) is 1.91. The zero-order chi connectivity index (χ0) is 14.7. The van der Waals surface area contributed by atoms with Crippen molar-refractivity contribution in [3.8, 4) is 0 Å². The molecule has 2 aromatic rings. The van der Waals surface area contributed by atoms with Gasteiger partial charge < -0.3 is 4.74 Å². The van der Waals surface area contributed by atoms with E-state index in [-0.39, 0.29) is 12.1 Å². The highest BCUT2D eigenvalue weighted by Gasteiger charge is 2.24. The van der Waals surface area contributed by atoms with Crippen molar-refractivity contribution < 1.29 is 4.74 Å². The summed E-state index contributed by atoms with van der Waals surface area (Å²) in [6.45, 7) is 0.775. The Morgan fingerprint density at radius 3 is 2.90 bits per heavy atom. The maximum absolute atomic E-state index is 5.98. The predicted octanol–water partition coefficient (Wildman–Crippen LogP) is 3.66. The molecule has 2 aromatic carbocycles. The van der Waals surface area contributed by atoms with E-state index in [0.717, 1.165) is 23.9 Å². The molecule has 0 amide bonds. The summed E-state index contributed by atoms with van der Waals surface area (Å²) in [5, 5.41) is 0. The van der Waals surface area contributed by atoms with Gasteiger partial charge in [-0.1, -0.05) is 52.3 Å². The van der Waals surface area contributed by atoms with Gasteiger partial charge in [0.2, 0.25) is 0 Å². The predicted molar refractivity (Wildman–Crippen MR) is 87.7 cm³/mol. The van der Waals surface area contributed by atoms with E-state index < -0.39 is 0 Å². The number of hydrogen-bond donors (Lipinski definition) is 2. The third kappa shape index (κ3) is 3.35. The molecule has 2 unspecified atom stereocenters. The van der Waals surface area contributed by atoms with Gasteiger partial charge in [0, 0.05) is 10.5 Å². The largest absolute Gasteiger partial charge is 0.373 e. The minimum Gasteiger partial charge on any atom is -0.373 e. The maximum atomic E-state index is 5.98. The third-order valence-corrected chi connectivity index (χ3v) is 4.49. The normalized spacial score (nSPS) is 19.0. The lowest BCUT2D eigenvalue weighted by Crippen LogP contribution is -2.31. The SMILES string of the molecule is NNC(CC1OCCc2ccccc21)c1cccc(Br)c1. The molecule has 3 rings (SSSR count). The van der Waals surface area contributed by atoms with Crippen LogP contribution in [0.2, 0.25) is 0 Å². The van der Waals surface area contributed by atoms with Crippen LogP contribution in [-0.4, -0.2) is 6.61 Å². The zero-order valence-corrected chi connectivity index (χ0v) is 13.3. The molecule has 0 aliphatic carbocycles. The van der Waals surface area contributed by atoms with Crippen LogP contribution in [0, 0.1) is 0 Å². The number of benzene rings is 2. The molecule has 1 heterocycles. The van der Waals surface area contributed by atoms with E-state index in [9.17, 15) is 0 Å². The molecule has 0 bridgehead atoms. The lowest BCUT2D eigenvalue weighted by Gasteiger charge is -2.29. The molecule has 110 valence electrons. The van der Waals surface area contributed by atoms with Crippen molar-refractivity contribution in [2.45, 2.75) is 25.0 Å². The fraction of sp³-hybridized carbons (Fsp3) is 0.294. The van der Waals surface area contributed by atoms with Crippen molar-refractivity contribution >= 4 is 15.9 Å². The molecule has 0 saturated heterocycles. The molecular formula is C17H19BrN2O. The first-order valence-corrected chi connectivity index (χ1v) is 7.98. The van der Waals surface area contributed by atoms with Gasteiger partial charge in [0.25, 0.3) is 0 Å². The molecule has 21 heavy (non-hydrogen) atoms. The topological polar surface area (TPSA) is 47.3 Å². The number of nitrogens with two attached hydrogens (primary N) is 1. The van der Waals surface area contributed by atoms with E-state index in [1.165, 1.54) is 16.7 Å². The smallest absolute Gasteiger partial charge is 0.0846 e. The Balaban J connectivity index is 1.82. The molecular weight excluding hydrogens is 328 g/mol. The van der Waals surface area contributed by atoms with Gasteiger partial charge in [0.05, 0.1) is 12.7 Å². The lowest BCUT2D eigenvalue weighted by atomic mass is 9.91. The third-order valence-electron chi connectivity index (χ3n) is 3.99. The second-order valence-corrected chi connectivity index (χ2v) is 6.23. The Morgan fingerprint density at radius 2 is 2.10 bits per heavy atom. The van der Waals surface area contributed by atoms with Gasteiger partial charge in [0.1, 0.15) is 0 Å². The van der Waals surface area contributed by atoms with Crippen molar-refractivity contribution in [1.29, 1.82) is 0 Å². The second kappa shape index (κ2) is 6.71. The van der Waals surface area contributed by atoms with Crippen LogP contribution in [0.25, 0.3) is 0 Å². The highest BCUT2D eigenvalue weighted by molar-refractivity contribution is 9.10. The number of ether oxygens (including phenoxy) is 1. The molecule has 2 atom stereocenters. The molecule has 0 radical (unpaired) electrons. The quantitative estimate of drug-likeness (QED) is 0.656. The molecule has 0 spiro atoms. The molecule has 1 aliphatic heterocycles. The minimum absolute atomic E-state index is 0.0682. The van der Waals surface area contributed by atoms with Gasteiger partial charge in [-0.25, -0.2) is 0 Å². The lowest BCUT2D eigenvalue weighted by molar-refractivity contribution is 0.0293. The summed E-state index contributed by atoms with van der Waals surface area (Å²) in [4.78, 5) is 0. The Bertz CT molecular complexity index is 617. The molecule has 1 aliphatic rings. The van der Waals surface area contributed by atoms with Gasteiger partial charge >= 0.3 is 0 Å². The van der Waals surface area contributed by atoms with Crippen LogP contribution in [0.15, 0.2) is 53.0 Å². The maximum Gasteiger partial charge on any atom is 0.0846 e. The molecule has 4 heteroatoms. The number of hydrogen-bond acceptors (Lipinski definition) is 3. The summed E-state index contributed by atoms with van der Waals surface area (Å²) < 4.78 is 7.04. The first kappa shape index (κ1) is 14.7.